The van der Waals surface area contributed by atoms with Gasteiger partial charge in [0.2, 0.25) is 0 Å². The Morgan fingerprint density at radius 3 is 2.28 bits per heavy atom. The van der Waals surface area contributed by atoms with Crippen molar-refractivity contribution in [1.82, 2.24) is 4.90 Å². The van der Waals surface area contributed by atoms with Crippen molar-refractivity contribution in [2.75, 3.05) is 20.1 Å². The number of rotatable bonds is 4. The molecule has 102 valence electrons. The molecule has 1 fully saturated rings. The lowest BCUT2D eigenvalue weighted by Crippen LogP contribution is -2.30. The topological polar surface area (TPSA) is 3.24 Å². The number of nitrogens with zero attached hydrogens (tertiary/aromatic N) is 1. The van der Waals surface area contributed by atoms with Crippen LogP contribution >= 0.6 is 0 Å². The van der Waals surface area contributed by atoms with Gasteiger partial charge in [0.25, 0.3) is 0 Å². The Balaban J connectivity index is 2.66. The van der Waals surface area contributed by atoms with Crippen LogP contribution in [0.2, 0.25) is 0 Å². The standard InChI is InChI=1S/C17H29N/c1-6-14(3)15(4)8-9-16(7-2)17-10-12-18(5)13-11-17/h7-9,17H,6,10-13H2,1-5H3/b9-8-,15-14+,16-7+. The molecule has 0 radical (unpaired) electrons. The number of hydrogen-bond acceptors (Lipinski definition) is 1. The van der Waals surface area contributed by atoms with Crippen LogP contribution in [0.5, 0.6) is 0 Å². The Hall–Kier alpha value is -0.820. The maximum atomic E-state index is 2.43. The largest absolute Gasteiger partial charge is 0.306 e. The second kappa shape index (κ2) is 7.58. The van der Waals surface area contributed by atoms with E-state index in [1.807, 2.05) is 0 Å². The van der Waals surface area contributed by atoms with Crippen molar-refractivity contribution in [2.45, 2.75) is 47.0 Å². The Morgan fingerprint density at radius 1 is 1.17 bits per heavy atom. The van der Waals surface area contributed by atoms with E-state index in [4.69, 9.17) is 0 Å². The third kappa shape index (κ3) is 4.45. The van der Waals surface area contributed by atoms with Crippen LogP contribution in [0.15, 0.2) is 34.9 Å². The predicted octanol–water partition coefficient (Wildman–Crippen LogP) is 4.58. The van der Waals surface area contributed by atoms with Crippen LogP contribution in [0.4, 0.5) is 0 Å². The highest BCUT2D eigenvalue weighted by atomic mass is 15.1. The maximum absolute atomic E-state index is 2.43. The first-order valence-corrected chi connectivity index (χ1v) is 7.27. The summed E-state index contributed by atoms with van der Waals surface area (Å²) in [5.74, 6) is 0.761. The fraction of sp³-hybridized carbons (Fsp3) is 0.647. The van der Waals surface area contributed by atoms with Gasteiger partial charge in [0.15, 0.2) is 0 Å². The summed E-state index contributed by atoms with van der Waals surface area (Å²) < 4.78 is 0. The van der Waals surface area contributed by atoms with E-state index < -0.39 is 0 Å². The van der Waals surface area contributed by atoms with Crippen LogP contribution in [0, 0.1) is 5.92 Å². The van der Waals surface area contributed by atoms with Crippen molar-refractivity contribution >= 4 is 0 Å². The molecule has 0 unspecified atom stereocenters. The summed E-state index contributed by atoms with van der Waals surface area (Å²) in [6.45, 7) is 11.3. The molecule has 1 aliphatic rings. The minimum atomic E-state index is 0.761. The average Bonchev–Trinajstić information content (AvgIpc) is 2.40. The van der Waals surface area contributed by atoms with Crippen molar-refractivity contribution in [2.24, 2.45) is 5.92 Å². The summed E-state index contributed by atoms with van der Waals surface area (Å²) >= 11 is 0. The molecule has 0 N–H and O–H groups in total. The van der Waals surface area contributed by atoms with Crippen LogP contribution in [-0.2, 0) is 0 Å². The van der Waals surface area contributed by atoms with Gasteiger partial charge < -0.3 is 4.90 Å². The van der Waals surface area contributed by atoms with Gasteiger partial charge in [-0.1, -0.05) is 36.3 Å². The number of hydrogen-bond donors (Lipinski definition) is 0. The van der Waals surface area contributed by atoms with Crippen molar-refractivity contribution in [3.8, 4) is 0 Å². The SMILES string of the molecule is C\C=C(/C=C\C(C)=C(/C)CC)C1CCN(C)CC1. The van der Waals surface area contributed by atoms with Gasteiger partial charge in [-0.05, 0) is 71.7 Å². The van der Waals surface area contributed by atoms with E-state index in [1.54, 1.807) is 0 Å². The lowest BCUT2D eigenvalue weighted by molar-refractivity contribution is 0.240. The zero-order valence-corrected chi connectivity index (χ0v) is 12.8. The van der Waals surface area contributed by atoms with Crippen LogP contribution < -0.4 is 0 Å². The van der Waals surface area contributed by atoms with E-state index in [0.29, 0.717) is 0 Å². The third-order valence-electron chi connectivity index (χ3n) is 4.25. The molecule has 1 heterocycles. The van der Waals surface area contributed by atoms with Crippen molar-refractivity contribution in [3.05, 3.63) is 34.9 Å². The van der Waals surface area contributed by atoms with E-state index in [2.05, 4.69) is 57.9 Å². The van der Waals surface area contributed by atoms with Gasteiger partial charge in [-0.25, -0.2) is 0 Å². The Morgan fingerprint density at radius 2 is 1.78 bits per heavy atom. The molecule has 1 heteroatoms. The van der Waals surface area contributed by atoms with E-state index in [1.165, 1.54) is 42.7 Å². The average molecular weight is 247 g/mol. The van der Waals surface area contributed by atoms with Gasteiger partial charge in [-0.15, -0.1) is 0 Å². The molecule has 0 spiro atoms. The Bertz CT molecular complexity index is 339. The molecule has 18 heavy (non-hydrogen) atoms. The fourth-order valence-corrected chi connectivity index (χ4v) is 2.45. The van der Waals surface area contributed by atoms with Crippen LogP contribution in [-0.4, -0.2) is 25.0 Å². The molecular weight excluding hydrogens is 218 g/mol. The first-order valence-electron chi connectivity index (χ1n) is 7.27. The van der Waals surface area contributed by atoms with Gasteiger partial charge in [-0.2, -0.15) is 0 Å². The summed E-state index contributed by atoms with van der Waals surface area (Å²) in [6, 6.07) is 0. The van der Waals surface area contributed by atoms with Crippen LogP contribution in [0.25, 0.3) is 0 Å². The number of likely N-dealkylation sites (tertiary alicyclic amines) is 1. The molecule has 1 saturated heterocycles. The second-order valence-electron chi connectivity index (χ2n) is 5.52. The highest BCUT2D eigenvalue weighted by Crippen LogP contribution is 2.25. The lowest BCUT2D eigenvalue weighted by Gasteiger charge is -2.29. The number of piperidine rings is 1. The second-order valence-corrected chi connectivity index (χ2v) is 5.52. The molecule has 1 rings (SSSR count). The van der Waals surface area contributed by atoms with Gasteiger partial charge >= 0.3 is 0 Å². The first kappa shape index (κ1) is 15.2. The molecule has 0 saturated carbocycles. The van der Waals surface area contributed by atoms with E-state index >= 15 is 0 Å². The fourth-order valence-electron chi connectivity index (χ4n) is 2.45. The van der Waals surface area contributed by atoms with Crippen molar-refractivity contribution < 1.29 is 0 Å². The predicted molar refractivity (Wildman–Crippen MR) is 81.8 cm³/mol. The van der Waals surface area contributed by atoms with Gasteiger partial charge in [0.05, 0.1) is 0 Å². The molecule has 0 aromatic rings. The summed E-state index contributed by atoms with van der Waals surface area (Å²) in [6.07, 6.45) is 10.7. The summed E-state index contributed by atoms with van der Waals surface area (Å²) in [5.41, 5.74) is 4.43. The summed E-state index contributed by atoms with van der Waals surface area (Å²) in [5, 5.41) is 0. The third-order valence-corrected chi connectivity index (χ3v) is 4.25. The Labute approximate surface area is 113 Å². The zero-order chi connectivity index (χ0) is 13.5. The molecule has 1 nitrogen and oxygen atoms in total. The summed E-state index contributed by atoms with van der Waals surface area (Å²) in [7, 11) is 2.22. The van der Waals surface area contributed by atoms with E-state index in [9.17, 15) is 0 Å². The highest BCUT2D eigenvalue weighted by molar-refractivity contribution is 5.30. The highest BCUT2D eigenvalue weighted by Gasteiger charge is 2.18. The lowest BCUT2D eigenvalue weighted by atomic mass is 9.88. The molecule has 1 aliphatic heterocycles. The smallest absolute Gasteiger partial charge is 0.00159 e. The van der Waals surface area contributed by atoms with E-state index in [0.717, 1.165) is 12.3 Å². The number of allylic oxidation sites excluding steroid dienone is 6. The minimum Gasteiger partial charge on any atom is -0.306 e. The molecule has 0 aliphatic carbocycles. The van der Waals surface area contributed by atoms with E-state index in [-0.39, 0.29) is 0 Å². The van der Waals surface area contributed by atoms with Crippen molar-refractivity contribution in [3.63, 3.8) is 0 Å². The van der Waals surface area contributed by atoms with Gasteiger partial charge in [0, 0.05) is 0 Å². The maximum Gasteiger partial charge on any atom is -0.00159 e. The molecule has 0 atom stereocenters. The van der Waals surface area contributed by atoms with Crippen LogP contribution in [0.1, 0.15) is 47.0 Å². The molecule has 0 aromatic carbocycles. The van der Waals surface area contributed by atoms with Gasteiger partial charge in [0.1, 0.15) is 0 Å². The quantitative estimate of drug-likeness (QED) is 0.657. The van der Waals surface area contributed by atoms with Crippen molar-refractivity contribution in [1.29, 1.82) is 0 Å². The van der Waals surface area contributed by atoms with Crippen LogP contribution in [0.3, 0.4) is 0 Å². The first-order chi connectivity index (χ1) is 8.58. The molecular formula is C17H29N. The monoisotopic (exact) mass is 247 g/mol. The minimum absolute atomic E-state index is 0.761. The zero-order valence-electron chi connectivity index (χ0n) is 12.8. The molecule has 0 bridgehead atoms. The molecule has 0 aromatic heterocycles. The van der Waals surface area contributed by atoms with Gasteiger partial charge in [-0.3, -0.25) is 0 Å². The summed E-state index contributed by atoms with van der Waals surface area (Å²) in [4.78, 5) is 2.43. The normalized spacial score (nSPS) is 21.5. The Kier molecular flexibility index (Phi) is 6.42. The molecule has 0 amide bonds.